The van der Waals surface area contributed by atoms with E-state index >= 15 is 0 Å². The number of nitrogens with one attached hydrogen (secondary N) is 1. The van der Waals surface area contributed by atoms with Crippen LogP contribution >= 0.6 is 0 Å². The molecule has 1 saturated heterocycles. The minimum Gasteiger partial charge on any atom is -0.314 e. The third kappa shape index (κ3) is 2.94. The number of rotatable bonds is 5. The molecular weight excluding hydrogens is 184 g/mol. The first-order chi connectivity index (χ1) is 7.28. The highest BCUT2D eigenvalue weighted by atomic mass is 15.2. The zero-order valence-electron chi connectivity index (χ0n) is 10.4. The number of piperidine rings is 1. The van der Waals surface area contributed by atoms with Crippen LogP contribution < -0.4 is 5.32 Å². The molecule has 0 radical (unpaired) electrons. The Hall–Kier alpha value is -0.0800. The molecule has 0 aromatic rings. The number of hydrogen-bond donors (Lipinski definition) is 1. The third-order valence-corrected chi connectivity index (χ3v) is 4.35. The molecule has 1 aliphatic carbocycles. The molecular formula is C13H26N2. The molecule has 0 aromatic carbocycles. The fraction of sp³-hybridized carbons (Fsp3) is 1.00. The van der Waals surface area contributed by atoms with Gasteiger partial charge in [0.05, 0.1) is 0 Å². The second-order valence-corrected chi connectivity index (χ2v) is 5.46. The Labute approximate surface area is 94.4 Å². The van der Waals surface area contributed by atoms with Gasteiger partial charge in [0.15, 0.2) is 0 Å². The van der Waals surface area contributed by atoms with Crippen molar-refractivity contribution in [3.63, 3.8) is 0 Å². The van der Waals surface area contributed by atoms with Gasteiger partial charge in [-0.05, 0) is 57.2 Å². The Morgan fingerprint density at radius 2 is 1.87 bits per heavy atom. The summed E-state index contributed by atoms with van der Waals surface area (Å²) in [7, 11) is 0. The van der Waals surface area contributed by atoms with E-state index < -0.39 is 0 Å². The Morgan fingerprint density at radius 3 is 2.33 bits per heavy atom. The first-order valence-corrected chi connectivity index (χ1v) is 6.74. The fourth-order valence-electron chi connectivity index (χ4n) is 2.86. The predicted molar refractivity (Wildman–Crippen MR) is 65.1 cm³/mol. The molecule has 2 rings (SSSR count). The van der Waals surface area contributed by atoms with Gasteiger partial charge in [-0.1, -0.05) is 13.8 Å². The second kappa shape index (κ2) is 4.84. The second-order valence-electron chi connectivity index (χ2n) is 5.46. The molecule has 2 heteroatoms. The van der Waals surface area contributed by atoms with E-state index in [2.05, 4.69) is 24.1 Å². The van der Waals surface area contributed by atoms with Crippen LogP contribution in [-0.4, -0.2) is 37.1 Å². The molecule has 0 unspecified atom stereocenters. The Morgan fingerprint density at radius 1 is 1.20 bits per heavy atom. The highest BCUT2D eigenvalue weighted by Crippen LogP contribution is 2.49. The molecule has 0 amide bonds. The molecule has 1 saturated carbocycles. The molecule has 2 aliphatic rings. The smallest absolute Gasteiger partial charge is 0.00912 e. The summed E-state index contributed by atoms with van der Waals surface area (Å²) in [6, 6.07) is 0.794. The molecule has 1 aliphatic heterocycles. The van der Waals surface area contributed by atoms with Crippen molar-refractivity contribution in [2.75, 3.05) is 26.2 Å². The lowest BCUT2D eigenvalue weighted by atomic mass is 9.99. The van der Waals surface area contributed by atoms with Crippen molar-refractivity contribution in [2.45, 2.75) is 52.0 Å². The van der Waals surface area contributed by atoms with Crippen molar-refractivity contribution in [3.8, 4) is 0 Å². The van der Waals surface area contributed by atoms with Gasteiger partial charge >= 0.3 is 0 Å². The van der Waals surface area contributed by atoms with Gasteiger partial charge in [-0.2, -0.15) is 0 Å². The molecule has 0 atom stereocenters. The van der Waals surface area contributed by atoms with Gasteiger partial charge in [0, 0.05) is 12.6 Å². The van der Waals surface area contributed by atoms with Crippen LogP contribution in [0.5, 0.6) is 0 Å². The molecule has 2 fully saturated rings. The summed E-state index contributed by atoms with van der Waals surface area (Å²) in [6.07, 6.45) is 7.06. The van der Waals surface area contributed by atoms with Crippen LogP contribution in [-0.2, 0) is 0 Å². The SMILES string of the molecule is CCNC1CCN(CC2(CC)CC2)CC1. The molecule has 1 N–H and O–H groups in total. The molecule has 1 heterocycles. The van der Waals surface area contributed by atoms with Crippen LogP contribution in [0.1, 0.15) is 46.0 Å². The summed E-state index contributed by atoms with van der Waals surface area (Å²) >= 11 is 0. The van der Waals surface area contributed by atoms with Crippen LogP contribution in [0.3, 0.4) is 0 Å². The number of likely N-dealkylation sites (tertiary alicyclic amines) is 1. The van der Waals surface area contributed by atoms with Crippen LogP contribution in [0.25, 0.3) is 0 Å². The zero-order chi connectivity index (χ0) is 10.7. The van der Waals surface area contributed by atoms with E-state index in [1.165, 1.54) is 51.7 Å². The molecule has 15 heavy (non-hydrogen) atoms. The maximum absolute atomic E-state index is 3.57. The highest BCUT2D eigenvalue weighted by molar-refractivity contribution is 4.95. The van der Waals surface area contributed by atoms with E-state index in [0.29, 0.717) is 0 Å². The molecule has 0 aromatic heterocycles. The van der Waals surface area contributed by atoms with Crippen molar-refractivity contribution < 1.29 is 0 Å². The zero-order valence-corrected chi connectivity index (χ0v) is 10.4. The van der Waals surface area contributed by atoms with Crippen LogP contribution in [0.4, 0.5) is 0 Å². The molecule has 88 valence electrons. The van der Waals surface area contributed by atoms with Crippen molar-refractivity contribution in [3.05, 3.63) is 0 Å². The van der Waals surface area contributed by atoms with E-state index in [9.17, 15) is 0 Å². The highest BCUT2D eigenvalue weighted by Gasteiger charge is 2.42. The fourth-order valence-corrected chi connectivity index (χ4v) is 2.86. The topological polar surface area (TPSA) is 15.3 Å². The van der Waals surface area contributed by atoms with E-state index in [4.69, 9.17) is 0 Å². The Balaban J connectivity index is 1.69. The van der Waals surface area contributed by atoms with E-state index in [-0.39, 0.29) is 0 Å². The summed E-state index contributed by atoms with van der Waals surface area (Å²) in [5.74, 6) is 0. The normalized spacial score (nSPS) is 26.8. The largest absolute Gasteiger partial charge is 0.314 e. The van der Waals surface area contributed by atoms with Crippen LogP contribution in [0.15, 0.2) is 0 Å². The van der Waals surface area contributed by atoms with Crippen molar-refractivity contribution in [2.24, 2.45) is 5.41 Å². The lowest BCUT2D eigenvalue weighted by Crippen LogP contribution is -2.44. The van der Waals surface area contributed by atoms with Gasteiger partial charge < -0.3 is 10.2 Å². The number of hydrogen-bond acceptors (Lipinski definition) is 2. The number of nitrogens with zero attached hydrogens (tertiary/aromatic N) is 1. The maximum atomic E-state index is 3.57. The van der Waals surface area contributed by atoms with Gasteiger partial charge in [-0.3, -0.25) is 0 Å². The van der Waals surface area contributed by atoms with E-state index in [1.54, 1.807) is 0 Å². The van der Waals surface area contributed by atoms with Gasteiger partial charge in [0.25, 0.3) is 0 Å². The van der Waals surface area contributed by atoms with Crippen molar-refractivity contribution in [1.29, 1.82) is 0 Å². The van der Waals surface area contributed by atoms with E-state index in [0.717, 1.165) is 18.0 Å². The van der Waals surface area contributed by atoms with E-state index in [1.807, 2.05) is 0 Å². The first-order valence-electron chi connectivity index (χ1n) is 6.74. The summed E-state index contributed by atoms with van der Waals surface area (Å²) in [5.41, 5.74) is 0.741. The van der Waals surface area contributed by atoms with Crippen molar-refractivity contribution in [1.82, 2.24) is 10.2 Å². The maximum Gasteiger partial charge on any atom is 0.00912 e. The van der Waals surface area contributed by atoms with Gasteiger partial charge in [0.1, 0.15) is 0 Å². The summed E-state index contributed by atoms with van der Waals surface area (Å²) < 4.78 is 0. The Kier molecular flexibility index (Phi) is 3.68. The summed E-state index contributed by atoms with van der Waals surface area (Å²) in [5, 5.41) is 3.57. The van der Waals surface area contributed by atoms with Gasteiger partial charge in [0.2, 0.25) is 0 Å². The standard InChI is InChI=1S/C13H26N2/c1-3-13(7-8-13)11-15-9-5-12(6-10-15)14-4-2/h12,14H,3-11H2,1-2H3. The molecule has 0 spiro atoms. The summed E-state index contributed by atoms with van der Waals surface area (Å²) in [6.45, 7) is 9.71. The van der Waals surface area contributed by atoms with Gasteiger partial charge in [-0.15, -0.1) is 0 Å². The van der Waals surface area contributed by atoms with Gasteiger partial charge in [-0.25, -0.2) is 0 Å². The lowest BCUT2D eigenvalue weighted by Gasteiger charge is -2.34. The molecule has 2 nitrogen and oxygen atoms in total. The van der Waals surface area contributed by atoms with Crippen molar-refractivity contribution >= 4 is 0 Å². The quantitative estimate of drug-likeness (QED) is 0.749. The summed E-state index contributed by atoms with van der Waals surface area (Å²) in [4.78, 5) is 2.70. The predicted octanol–water partition coefficient (Wildman–Crippen LogP) is 2.25. The molecule has 0 bridgehead atoms. The van der Waals surface area contributed by atoms with Crippen LogP contribution in [0.2, 0.25) is 0 Å². The average Bonchev–Trinajstić information content (AvgIpc) is 3.02. The first kappa shape index (κ1) is 11.4. The average molecular weight is 210 g/mol. The lowest BCUT2D eigenvalue weighted by molar-refractivity contribution is 0.163. The van der Waals surface area contributed by atoms with Crippen LogP contribution in [0, 0.1) is 5.41 Å². The minimum atomic E-state index is 0.741. The third-order valence-electron chi connectivity index (χ3n) is 4.35. The Bertz CT molecular complexity index is 191. The minimum absolute atomic E-state index is 0.741. The monoisotopic (exact) mass is 210 g/mol.